The Morgan fingerprint density at radius 2 is 2.29 bits per heavy atom. The van der Waals surface area contributed by atoms with E-state index in [-0.39, 0.29) is 6.10 Å². The molecule has 1 fully saturated rings. The van der Waals surface area contributed by atoms with Gasteiger partial charge in [-0.3, -0.25) is 0 Å². The lowest BCUT2D eigenvalue weighted by Crippen LogP contribution is -2.41. The van der Waals surface area contributed by atoms with Crippen LogP contribution in [0.1, 0.15) is 18.5 Å². The molecule has 2 aliphatic heterocycles. The summed E-state index contributed by atoms with van der Waals surface area (Å²) in [6.45, 7) is 8.63. The zero-order valence-corrected chi connectivity index (χ0v) is 12.9. The Bertz CT molecular complexity index is 455. The number of rotatable bonds is 6. The number of nitrogens with one attached hydrogen (secondary N) is 2. The van der Waals surface area contributed by atoms with Crippen molar-refractivity contribution >= 4 is 5.82 Å². The van der Waals surface area contributed by atoms with E-state index in [1.54, 1.807) is 0 Å². The molecule has 2 aliphatic rings. The van der Waals surface area contributed by atoms with E-state index in [1.807, 2.05) is 11.6 Å². The molecule has 1 aromatic heterocycles. The first-order valence-corrected chi connectivity index (χ1v) is 8.10. The van der Waals surface area contributed by atoms with E-state index in [0.29, 0.717) is 12.5 Å². The van der Waals surface area contributed by atoms with Gasteiger partial charge in [0.15, 0.2) is 0 Å². The highest BCUT2D eigenvalue weighted by molar-refractivity contribution is 5.38. The third-order valence-corrected chi connectivity index (χ3v) is 4.39. The van der Waals surface area contributed by atoms with Crippen molar-refractivity contribution < 1.29 is 5.11 Å². The number of β-amino-alcohol motifs (C(OH)–C–C–N with tert-alkyl or cyclic N) is 1. The van der Waals surface area contributed by atoms with E-state index >= 15 is 0 Å². The predicted molar refractivity (Wildman–Crippen MR) is 83.5 cm³/mol. The Labute approximate surface area is 126 Å². The first kappa shape index (κ1) is 14.8. The Kier molecular flexibility index (Phi) is 4.77. The second-order valence-corrected chi connectivity index (χ2v) is 6.42. The normalized spacial score (nSPS) is 23.8. The number of hydrogen-bond donors (Lipinski definition) is 3. The SMILES string of the molecule is Cc1cc2n(n1)C[C@H](CNC[C@@H](O)CN1CCCC1)CN2. The molecule has 0 unspecified atom stereocenters. The topological polar surface area (TPSA) is 65.3 Å². The summed E-state index contributed by atoms with van der Waals surface area (Å²) in [5.41, 5.74) is 1.06. The molecule has 3 rings (SSSR count). The lowest BCUT2D eigenvalue weighted by molar-refractivity contribution is 0.122. The largest absolute Gasteiger partial charge is 0.390 e. The summed E-state index contributed by atoms with van der Waals surface area (Å²) >= 11 is 0. The maximum atomic E-state index is 10.1. The summed E-state index contributed by atoms with van der Waals surface area (Å²) in [4.78, 5) is 2.35. The molecule has 6 heteroatoms. The number of likely N-dealkylation sites (tertiary alicyclic amines) is 1. The molecule has 0 radical (unpaired) electrons. The maximum Gasteiger partial charge on any atom is 0.124 e. The molecular weight excluding hydrogens is 266 g/mol. The molecule has 0 spiro atoms. The molecule has 0 saturated carbocycles. The first-order chi connectivity index (χ1) is 10.2. The summed E-state index contributed by atoms with van der Waals surface area (Å²) in [5, 5.41) is 21.4. The molecule has 0 aliphatic carbocycles. The van der Waals surface area contributed by atoms with E-state index in [4.69, 9.17) is 0 Å². The number of nitrogens with zero attached hydrogens (tertiary/aromatic N) is 3. The van der Waals surface area contributed by atoms with Gasteiger partial charge in [-0.25, -0.2) is 4.68 Å². The number of anilines is 1. The Balaban J connectivity index is 1.36. The van der Waals surface area contributed by atoms with Gasteiger partial charge in [0.2, 0.25) is 0 Å². The van der Waals surface area contributed by atoms with Crippen molar-refractivity contribution in [1.29, 1.82) is 0 Å². The van der Waals surface area contributed by atoms with Gasteiger partial charge in [0.05, 0.1) is 11.8 Å². The molecule has 1 saturated heterocycles. The van der Waals surface area contributed by atoms with E-state index < -0.39 is 0 Å². The first-order valence-electron chi connectivity index (χ1n) is 8.10. The van der Waals surface area contributed by atoms with Gasteiger partial charge in [-0.1, -0.05) is 0 Å². The van der Waals surface area contributed by atoms with Gasteiger partial charge < -0.3 is 20.6 Å². The molecule has 3 N–H and O–H groups in total. The predicted octanol–water partition coefficient (Wildman–Crippen LogP) is 0.280. The highest BCUT2D eigenvalue weighted by Crippen LogP contribution is 2.17. The highest BCUT2D eigenvalue weighted by atomic mass is 16.3. The third kappa shape index (κ3) is 3.96. The average molecular weight is 293 g/mol. The van der Waals surface area contributed by atoms with Crippen molar-refractivity contribution in [3.05, 3.63) is 11.8 Å². The van der Waals surface area contributed by atoms with Crippen LogP contribution in [0.5, 0.6) is 0 Å². The summed E-state index contributed by atoms with van der Waals surface area (Å²) in [6, 6.07) is 2.09. The van der Waals surface area contributed by atoms with E-state index in [1.165, 1.54) is 12.8 Å². The molecule has 0 aromatic carbocycles. The van der Waals surface area contributed by atoms with Crippen molar-refractivity contribution in [3.63, 3.8) is 0 Å². The lowest BCUT2D eigenvalue weighted by Gasteiger charge is -2.26. The van der Waals surface area contributed by atoms with Gasteiger partial charge in [0.1, 0.15) is 5.82 Å². The second kappa shape index (κ2) is 6.77. The Hall–Kier alpha value is -1.11. The van der Waals surface area contributed by atoms with Crippen molar-refractivity contribution in [1.82, 2.24) is 20.0 Å². The number of aliphatic hydroxyl groups is 1. The van der Waals surface area contributed by atoms with E-state index in [0.717, 1.165) is 50.8 Å². The molecule has 6 nitrogen and oxygen atoms in total. The molecule has 1 aromatic rings. The van der Waals surface area contributed by atoms with Crippen LogP contribution in [-0.4, -0.2) is 65.2 Å². The standard InChI is InChI=1S/C15H27N5O/c1-12-6-15-17-8-13(10-20(15)18-12)7-16-9-14(21)11-19-4-2-3-5-19/h6,13-14,16-17,21H,2-5,7-11H2,1H3/t13-,14-/m1/s1. The number of hydrogen-bond acceptors (Lipinski definition) is 5. The number of fused-ring (bicyclic) bond motifs is 1. The maximum absolute atomic E-state index is 10.1. The van der Waals surface area contributed by atoms with Gasteiger partial charge in [-0.15, -0.1) is 0 Å². The fraction of sp³-hybridized carbons (Fsp3) is 0.800. The van der Waals surface area contributed by atoms with Gasteiger partial charge in [0.25, 0.3) is 0 Å². The summed E-state index contributed by atoms with van der Waals surface area (Å²) in [7, 11) is 0. The summed E-state index contributed by atoms with van der Waals surface area (Å²) in [6.07, 6.45) is 2.29. The van der Waals surface area contributed by atoms with Crippen molar-refractivity contribution in [3.8, 4) is 0 Å². The van der Waals surface area contributed by atoms with Crippen LogP contribution in [-0.2, 0) is 6.54 Å². The van der Waals surface area contributed by atoms with Crippen LogP contribution in [0.3, 0.4) is 0 Å². The smallest absolute Gasteiger partial charge is 0.124 e. The van der Waals surface area contributed by atoms with Crippen LogP contribution in [0.15, 0.2) is 6.07 Å². The molecule has 0 bridgehead atoms. The van der Waals surface area contributed by atoms with Crippen molar-refractivity contribution in [2.24, 2.45) is 5.92 Å². The van der Waals surface area contributed by atoms with Crippen LogP contribution >= 0.6 is 0 Å². The molecule has 21 heavy (non-hydrogen) atoms. The molecular formula is C15H27N5O. The lowest BCUT2D eigenvalue weighted by atomic mass is 10.1. The van der Waals surface area contributed by atoms with Crippen LogP contribution < -0.4 is 10.6 Å². The minimum absolute atomic E-state index is 0.262. The minimum Gasteiger partial charge on any atom is -0.390 e. The second-order valence-electron chi connectivity index (χ2n) is 6.42. The fourth-order valence-electron chi connectivity index (χ4n) is 3.30. The Morgan fingerprint density at radius 1 is 1.48 bits per heavy atom. The summed E-state index contributed by atoms with van der Waals surface area (Å²) in [5.74, 6) is 1.65. The van der Waals surface area contributed by atoms with E-state index in [9.17, 15) is 5.11 Å². The zero-order valence-electron chi connectivity index (χ0n) is 12.9. The molecule has 0 amide bonds. The molecule has 118 valence electrons. The molecule has 3 heterocycles. The number of aromatic nitrogens is 2. The van der Waals surface area contributed by atoms with E-state index in [2.05, 4.69) is 26.7 Å². The zero-order chi connectivity index (χ0) is 14.7. The molecule has 2 atom stereocenters. The van der Waals surface area contributed by atoms with Crippen LogP contribution in [0, 0.1) is 12.8 Å². The van der Waals surface area contributed by atoms with Crippen LogP contribution in [0.25, 0.3) is 0 Å². The van der Waals surface area contributed by atoms with Crippen LogP contribution in [0.2, 0.25) is 0 Å². The van der Waals surface area contributed by atoms with Gasteiger partial charge in [-0.05, 0) is 32.9 Å². The monoisotopic (exact) mass is 293 g/mol. The highest BCUT2D eigenvalue weighted by Gasteiger charge is 2.20. The quantitative estimate of drug-likeness (QED) is 0.703. The number of aryl methyl sites for hydroxylation is 1. The van der Waals surface area contributed by atoms with Gasteiger partial charge >= 0.3 is 0 Å². The average Bonchev–Trinajstić information content (AvgIpc) is 3.06. The van der Waals surface area contributed by atoms with Crippen molar-refractivity contribution in [2.45, 2.75) is 32.4 Å². The Morgan fingerprint density at radius 3 is 3.10 bits per heavy atom. The van der Waals surface area contributed by atoms with Crippen LogP contribution in [0.4, 0.5) is 5.82 Å². The fourth-order valence-corrected chi connectivity index (χ4v) is 3.30. The minimum atomic E-state index is -0.262. The summed E-state index contributed by atoms with van der Waals surface area (Å²) < 4.78 is 2.05. The number of aliphatic hydroxyl groups excluding tert-OH is 1. The third-order valence-electron chi connectivity index (χ3n) is 4.39. The van der Waals surface area contributed by atoms with Gasteiger partial charge in [-0.2, -0.15) is 5.10 Å². The van der Waals surface area contributed by atoms with Crippen molar-refractivity contribution in [2.75, 3.05) is 44.6 Å². The van der Waals surface area contributed by atoms with Gasteiger partial charge in [0, 0.05) is 44.7 Å².